The van der Waals surface area contributed by atoms with Crippen molar-refractivity contribution in [2.45, 2.75) is 32.2 Å². The van der Waals surface area contributed by atoms with Crippen molar-refractivity contribution in [3.63, 3.8) is 0 Å². The molecule has 5 nitrogen and oxygen atoms in total. The molecule has 6 heteroatoms. The first-order valence-electron chi connectivity index (χ1n) is 7.44. The van der Waals surface area contributed by atoms with E-state index >= 15 is 0 Å². The van der Waals surface area contributed by atoms with Gasteiger partial charge in [0.15, 0.2) is 0 Å². The van der Waals surface area contributed by atoms with E-state index in [0.717, 1.165) is 43.9 Å². The number of nitrogens with two attached hydrogens (primary N) is 1. The number of fused-ring (bicyclic) bond motifs is 1. The number of hydrogen-bond acceptors (Lipinski definition) is 6. The first kappa shape index (κ1) is 14.3. The zero-order valence-corrected chi connectivity index (χ0v) is 13.0. The van der Waals surface area contributed by atoms with Gasteiger partial charge in [0, 0.05) is 23.4 Å². The van der Waals surface area contributed by atoms with Gasteiger partial charge in [-0.05, 0) is 30.8 Å². The van der Waals surface area contributed by atoms with Crippen LogP contribution >= 0.6 is 11.3 Å². The molecule has 2 aromatic heterocycles. The third-order valence-corrected chi connectivity index (χ3v) is 4.79. The maximum absolute atomic E-state index is 5.89. The maximum atomic E-state index is 5.89. The number of anilines is 2. The number of thiophene rings is 1. The Labute approximate surface area is 129 Å². The third-order valence-electron chi connectivity index (χ3n) is 3.81. The standard InChI is InChI=1S/C15H21N5S/c1-2-11(13-4-3-9-21-13)18-14-10-5-7-17-8-6-12(10)19-15(16)20-14/h3-4,9,11,17H,2,5-8H2,1H3,(H3,16,18,19,20)/t11-/m1/s1. The van der Waals surface area contributed by atoms with E-state index < -0.39 is 0 Å². The predicted octanol–water partition coefficient (Wildman–Crippen LogP) is 2.37. The molecule has 1 atom stereocenters. The first-order valence-corrected chi connectivity index (χ1v) is 8.31. The minimum atomic E-state index is 0.277. The van der Waals surface area contributed by atoms with Crippen molar-refractivity contribution in [3.05, 3.63) is 33.6 Å². The highest BCUT2D eigenvalue weighted by Crippen LogP contribution is 2.28. The molecule has 112 valence electrons. The Morgan fingerprint density at radius 1 is 1.38 bits per heavy atom. The summed E-state index contributed by atoms with van der Waals surface area (Å²) in [6, 6.07) is 4.53. The highest BCUT2D eigenvalue weighted by molar-refractivity contribution is 7.10. The summed E-state index contributed by atoms with van der Waals surface area (Å²) in [4.78, 5) is 10.2. The fraction of sp³-hybridized carbons (Fsp3) is 0.467. The highest BCUT2D eigenvalue weighted by atomic mass is 32.1. The van der Waals surface area contributed by atoms with Gasteiger partial charge in [-0.1, -0.05) is 13.0 Å². The summed E-state index contributed by atoms with van der Waals surface area (Å²) < 4.78 is 0. The van der Waals surface area contributed by atoms with Crippen LogP contribution in [0.3, 0.4) is 0 Å². The van der Waals surface area contributed by atoms with Crippen LogP contribution in [0.1, 0.15) is 35.5 Å². The van der Waals surface area contributed by atoms with E-state index in [4.69, 9.17) is 5.73 Å². The van der Waals surface area contributed by atoms with Crippen LogP contribution in [-0.2, 0) is 12.8 Å². The van der Waals surface area contributed by atoms with Crippen LogP contribution in [0.2, 0.25) is 0 Å². The molecule has 21 heavy (non-hydrogen) atoms. The van der Waals surface area contributed by atoms with Crippen molar-refractivity contribution in [2.24, 2.45) is 0 Å². The molecule has 0 spiro atoms. The Balaban J connectivity index is 1.92. The largest absolute Gasteiger partial charge is 0.368 e. The summed E-state index contributed by atoms with van der Waals surface area (Å²) in [7, 11) is 0. The number of nitrogens with zero attached hydrogens (tertiary/aromatic N) is 2. The van der Waals surface area contributed by atoms with E-state index in [2.05, 4.69) is 45.0 Å². The average Bonchev–Trinajstić information content (AvgIpc) is 2.90. The van der Waals surface area contributed by atoms with Crippen molar-refractivity contribution in [1.82, 2.24) is 15.3 Å². The Bertz CT molecular complexity index is 596. The van der Waals surface area contributed by atoms with Gasteiger partial charge in [-0.3, -0.25) is 0 Å². The molecule has 0 saturated heterocycles. The number of hydrogen-bond donors (Lipinski definition) is 3. The topological polar surface area (TPSA) is 75.9 Å². The smallest absolute Gasteiger partial charge is 0.222 e. The average molecular weight is 303 g/mol. The second-order valence-corrected chi connectivity index (χ2v) is 6.21. The molecule has 0 saturated carbocycles. The molecule has 2 aromatic rings. The summed E-state index contributed by atoms with van der Waals surface area (Å²) in [6.45, 7) is 4.10. The molecule has 1 aliphatic rings. The third kappa shape index (κ3) is 3.16. The van der Waals surface area contributed by atoms with Crippen LogP contribution in [0.4, 0.5) is 11.8 Å². The second-order valence-electron chi connectivity index (χ2n) is 5.23. The zero-order chi connectivity index (χ0) is 14.7. The van der Waals surface area contributed by atoms with Gasteiger partial charge in [0.25, 0.3) is 0 Å². The number of rotatable bonds is 4. The lowest BCUT2D eigenvalue weighted by atomic mass is 10.1. The molecule has 0 radical (unpaired) electrons. The van der Waals surface area contributed by atoms with Crippen LogP contribution in [0.5, 0.6) is 0 Å². The fourth-order valence-corrected chi connectivity index (χ4v) is 3.57. The lowest BCUT2D eigenvalue weighted by Gasteiger charge is -2.19. The Kier molecular flexibility index (Phi) is 4.36. The van der Waals surface area contributed by atoms with Crippen LogP contribution in [0, 0.1) is 0 Å². The molecule has 0 unspecified atom stereocenters. The van der Waals surface area contributed by atoms with Crippen LogP contribution < -0.4 is 16.4 Å². The molecule has 0 aromatic carbocycles. The van der Waals surface area contributed by atoms with Crippen LogP contribution in [0.25, 0.3) is 0 Å². The zero-order valence-electron chi connectivity index (χ0n) is 12.2. The van der Waals surface area contributed by atoms with Gasteiger partial charge in [0.1, 0.15) is 5.82 Å². The molecule has 0 amide bonds. The SMILES string of the molecule is CC[C@@H](Nc1nc(N)nc2c1CCNCC2)c1cccs1. The Hall–Kier alpha value is -1.66. The number of nitrogens with one attached hydrogen (secondary N) is 2. The molecule has 4 N–H and O–H groups in total. The van der Waals surface area contributed by atoms with Gasteiger partial charge in [0.05, 0.1) is 11.7 Å². The van der Waals surface area contributed by atoms with E-state index in [1.807, 2.05) is 0 Å². The summed E-state index contributed by atoms with van der Waals surface area (Å²) in [5.74, 6) is 1.26. The lowest BCUT2D eigenvalue weighted by molar-refractivity contribution is 0.708. The van der Waals surface area contributed by atoms with E-state index in [1.54, 1.807) is 11.3 Å². The number of aromatic nitrogens is 2. The van der Waals surface area contributed by atoms with Gasteiger partial charge in [-0.15, -0.1) is 11.3 Å². The van der Waals surface area contributed by atoms with Crippen molar-refractivity contribution in [2.75, 3.05) is 24.1 Å². The Morgan fingerprint density at radius 3 is 3.00 bits per heavy atom. The van der Waals surface area contributed by atoms with Crippen molar-refractivity contribution < 1.29 is 0 Å². The maximum Gasteiger partial charge on any atom is 0.222 e. The van der Waals surface area contributed by atoms with Crippen molar-refractivity contribution in [3.8, 4) is 0 Å². The van der Waals surface area contributed by atoms with Crippen LogP contribution in [0.15, 0.2) is 17.5 Å². The van der Waals surface area contributed by atoms with Crippen molar-refractivity contribution >= 4 is 23.1 Å². The Morgan fingerprint density at radius 2 is 2.24 bits per heavy atom. The fourth-order valence-electron chi connectivity index (χ4n) is 2.71. The monoisotopic (exact) mass is 303 g/mol. The normalized spacial score (nSPS) is 16.0. The van der Waals surface area contributed by atoms with Gasteiger partial charge < -0.3 is 16.4 Å². The minimum absolute atomic E-state index is 0.277. The summed E-state index contributed by atoms with van der Waals surface area (Å²) >= 11 is 1.77. The molecule has 0 aliphatic carbocycles. The first-order chi connectivity index (χ1) is 10.3. The molecule has 0 fully saturated rings. The van der Waals surface area contributed by atoms with E-state index in [1.165, 1.54) is 10.4 Å². The summed E-state index contributed by atoms with van der Waals surface area (Å²) in [6.07, 6.45) is 2.86. The summed E-state index contributed by atoms with van der Waals surface area (Å²) in [5.41, 5.74) is 8.18. The molecule has 3 rings (SSSR count). The van der Waals surface area contributed by atoms with Gasteiger partial charge in [0.2, 0.25) is 5.95 Å². The molecule has 0 bridgehead atoms. The van der Waals surface area contributed by atoms with E-state index in [9.17, 15) is 0 Å². The molecular formula is C15H21N5S. The summed E-state index contributed by atoms with van der Waals surface area (Å²) in [5, 5.41) is 9.09. The van der Waals surface area contributed by atoms with Crippen molar-refractivity contribution in [1.29, 1.82) is 0 Å². The molecule has 1 aliphatic heterocycles. The van der Waals surface area contributed by atoms with Gasteiger partial charge in [-0.2, -0.15) is 4.98 Å². The number of nitrogen functional groups attached to an aromatic ring is 1. The minimum Gasteiger partial charge on any atom is -0.368 e. The predicted molar refractivity (Wildman–Crippen MR) is 87.7 cm³/mol. The second kappa shape index (κ2) is 6.41. The lowest BCUT2D eigenvalue weighted by Crippen LogP contribution is -2.16. The van der Waals surface area contributed by atoms with E-state index in [-0.39, 0.29) is 6.04 Å². The quantitative estimate of drug-likeness (QED) is 0.808. The van der Waals surface area contributed by atoms with Gasteiger partial charge >= 0.3 is 0 Å². The van der Waals surface area contributed by atoms with Gasteiger partial charge in [-0.25, -0.2) is 4.98 Å². The van der Waals surface area contributed by atoms with E-state index in [0.29, 0.717) is 5.95 Å². The van der Waals surface area contributed by atoms with Crippen LogP contribution in [-0.4, -0.2) is 23.1 Å². The highest BCUT2D eigenvalue weighted by Gasteiger charge is 2.19. The molecular weight excluding hydrogens is 282 g/mol. The molecule has 3 heterocycles.